The molecule has 0 aromatic carbocycles. The van der Waals surface area contributed by atoms with Gasteiger partial charge in [-0.2, -0.15) is 0 Å². The summed E-state index contributed by atoms with van der Waals surface area (Å²) in [7, 11) is 0. The molecular weight excluding hydrogens is 135 g/mol. The Morgan fingerprint density at radius 2 is 2.00 bits per heavy atom. The van der Waals surface area contributed by atoms with Crippen LogP contribution in [0.2, 0.25) is 0 Å². The zero-order chi connectivity index (χ0) is 5.91. The highest BCUT2D eigenvalue weighted by Gasteiger charge is 2.15. The molecule has 0 amide bonds. The average Bonchev–Trinajstić information content (AvgIpc) is 1.30. The Kier molecular flexibility index (Phi) is 2.96. The van der Waals surface area contributed by atoms with E-state index < -0.39 is 4.52 Å². The summed E-state index contributed by atoms with van der Waals surface area (Å²) in [4.78, 5) is 0. The van der Waals surface area contributed by atoms with Crippen LogP contribution in [-0.2, 0) is 0 Å². The van der Waals surface area contributed by atoms with Gasteiger partial charge < -0.3 is 5.11 Å². The van der Waals surface area contributed by atoms with Gasteiger partial charge in [0.15, 0.2) is 0 Å². The van der Waals surface area contributed by atoms with Gasteiger partial charge in [-0.05, 0) is 0 Å². The molecule has 0 atom stereocenters. The van der Waals surface area contributed by atoms with E-state index in [-0.39, 0.29) is 0 Å². The quantitative estimate of drug-likeness (QED) is 0.585. The lowest BCUT2D eigenvalue weighted by atomic mass is 10.4. The van der Waals surface area contributed by atoms with Gasteiger partial charge in [0.25, 0.3) is 0 Å². The summed E-state index contributed by atoms with van der Waals surface area (Å²) in [5.41, 5.74) is 0. The normalized spacial score (nSPS) is 12.0. The summed E-state index contributed by atoms with van der Waals surface area (Å²) in [5, 5.41) is 8.55. The molecule has 0 fully saturated rings. The second kappa shape index (κ2) is 2.75. The third kappa shape index (κ3) is 6.54. The monoisotopic (exact) mass is 142 g/mol. The van der Waals surface area contributed by atoms with Gasteiger partial charge in [0.1, 0.15) is 0 Å². The van der Waals surface area contributed by atoms with Crippen molar-refractivity contribution in [2.75, 3.05) is 0 Å². The van der Waals surface area contributed by atoms with Crippen molar-refractivity contribution in [2.24, 2.45) is 0 Å². The molecule has 0 aromatic heterocycles. The fourth-order valence-electron chi connectivity index (χ4n) is 0.301. The van der Waals surface area contributed by atoms with E-state index in [1.165, 1.54) is 0 Å². The van der Waals surface area contributed by atoms with Crippen molar-refractivity contribution in [1.29, 1.82) is 0 Å². The van der Waals surface area contributed by atoms with E-state index >= 15 is 0 Å². The van der Waals surface area contributed by atoms with Crippen molar-refractivity contribution in [3.05, 3.63) is 0 Å². The van der Waals surface area contributed by atoms with Gasteiger partial charge in [0.05, 0.1) is 0 Å². The van der Waals surface area contributed by atoms with Crippen molar-refractivity contribution in [1.82, 2.24) is 0 Å². The Balaban J connectivity index is 3.15. The molecule has 3 heteroatoms. The minimum absolute atomic E-state index is 0.427. The summed E-state index contributed by atoms with van der Waals surface area (Å²) in [6, 6.07) is 0. The number of hydrogen-bond acceptors (Lipinski definition) is 1. The lowest BCUT2D eigenvalue weighted by Gasteiger charge is -2.07. The molecule has 1 nitrogen and oxygen atoms in total. The fourth-order valence-corrected chi connectivity index (χ4v) is 0.679. The second-order valence-electron chi connectivity index (χ2n) is 1.42. The average molecular weight is 143 g/mol. The Labute approximate surface area is 53.2 Å². The van der Waals surface area contributed by atoms with Crippen LogP contribution in [0, 0.1) is 0 Å². The van der Waals surface area contributed by atoms with Gasteiger partial charge in [-0.3, -0.25) is 0 Å². The van der Waals surface area contributed by atoms with Crippen LogP contribution in [0.5, 0.6) is 0 Å². The first-order chi connectivity index (χ1) is 3.06. The molecule has 0 aliphatic rings. The van der Waals surface area contributed by atoms with Crippen molar-refractivity contribution >= 4 is 23.2 Å². The molecule has 0 spiro atoms. The first-order valence-electron chi connectivity index (χ1n) is 2.16. The minimum atomic E-state index is -1.51. The first kappa shape index (κ1) is 7.54. The molecule has 7 heavy (non-hydrogen) atoms. The lowest BCUT2D eigenvalue weighted by molar-refractivity contribution is 0.203. The highest BCUT2D eigenvalue weighted by molar-refractivity contribution is 6.46. The zero-order valence-corrected chi connectivity index (χ0v) is 5.63. The first-order valence-corrected chi connectivity index (χ1v) is 2.92. The summed E-state index contributed by atoms with van der Waals surface area (Å²) >= 11 is 10.3. The summed E-state index contributed by atoms with van der Waals surface area (Å²) in [6.07, 6.45) is 1.22. The molecule has 0 saturated heterocycles. The largest absolute Gasteiger partial charge is 0.363 e. The smallest absolute Gasteiger partial charge is 0.214 e. The van der Waals surface area contributed by atoms with Gasteiger partial charge in [-0.25, -0.2) is 0 Å². The van der Waals surface area contributed by atoms with E-state index in [9.17, 15) is 0 Å². The van der Waals surface area contributed by atoms with Crippen molar-refractivity contribution < 1.29 is 5.11 Å². The van der Waals surface area contributed by atoms with E-state index in [0.717, 1.165) is 6.42 Å². The molecule has 0 aliphatic heterocycles. The third-order valence-electron chi connectivity index (χ3n) is 0.551. The highest BCUT2D eigenvalue weighted by atomic mass is 35.5. The van der Waals surface area contributed by atoms with Crippen LogP contribution in [0.15, 0.2) is 0 Å². The third-order valence-corrected chi connectivity index (χ3v) is 0.929. The molecule has 0 aromatic rings. The number of alkyl halides is 2. The fraction of sp³-hybridized carbons (Fsp3) is 1.00. The molecule has 0 saturated carbocycles. The van der Waals surface area contributed by atoms with Crippen LogP contribution in [-0.4, -0.2) is 9.63 Å². The van der Waals surface area contributed by atoms with Gasteiger partial charge in [-0.15, -0.1) is 0 Å². The summed E-state index contributed by atoms with van der Waals surface area (Å²) < 4.78 is -1.51. The minimum Gasteiger partial charge on any atom is -0.363 e. The number of hydrogen-bond donors (Lipinski definition) is 1. The Morgan fingerprint density at radius 1 is 1.57 bits per heavy atom. The van der Waals surface area contributed by atoms with Crippen molar-refractivity contribution in [3.63, 3.8) is 0 Å². The summed E-state index contributed by atoms with van der Waals surface area (Å²) in [5.74, 6) is 0. The van der Waals surface area contributed by atoms with Crippen LogP contribution >= 0.6 is 23.2 Å². The maximum atomic E-state index is 8.55. The molecule has 0 unspecified atom stereocenters. The molecule has 1 N–H and O–H groups in total. The van der Waals surface area contributed by atoms with Gasteiger partial charge >= 0.3 is 0 Å². The SMILES string of the molecule is CCCC(O)(Cl)Cl. The van der Waals surface area contributed by atoms with Crippen LogP contribution in [0.4, 0.5) is 0 Å². The van der Waals surface area contributed by atoms with Gasteiger partial charge in [0, 0.05) is 6.42 Å². The standard InChI is InChI=1S/C4H8Cl2O/c1-2-3-4(5,6)7/h7H,2-3H2,1H3. The topological polar surface area (TPSA) is 20.2 Å². The van der Waals surface area contributed by atoms with Gasteiger partial charge in [-0.1, -0.05) is 36.5 Å². The lowest BCUT2D eigenvalue weighted by Crippen LogP contribution is -2.08. The highest BCUT2D eigenvalue weighted by Crippen LogP contribution is 2.21. The van der Waals surface area contributed by atoms with E-state index in [2.05, 4.69) is 0 Å². The van der Waals surface area contributed by atoms with E-state index in [1.54, 1.807) is 0 Å². The van der Waals surface area contributed by atoms with E-state index in [0.29, 0.717) is 6.42 Å². The number of aliphatic hydroxyl groups is 1. The molecule has 0 bridgehead atoms. The van der Waals surface area contributed by atoms with E-state index in [1.807, 2.05) is 6.92 Å². The predicted octanol–water partition coefficient (Wildman–Crippen LogP) is 1.91. The second-order valence-corrected chi connectivity index (χ2v) is 2.86. The molecule has 44 valence electrons. The number of rotatable bonds is 2. The maximum Gasteiger partial charge on any atom is 0.214 e. The molecule has 0 radical (unpaired) electrons. The Morgan fingerprint density at radius 3 is 2.00 bits per heavy atom. The predicted molar refractivity (Wildman–Crippen MR) is 31.6 cm³/mol. The molecule has 0 heterocycles. The Bertz CT molecular complexity index is 48.1. The van der Waals surface area contributed by atoms with Crippen LogP contribution in [0.1, 0.15) is 19.8 Å². The molecule has 0 aliphatic carbocycles. The zero-order valence-electron chi connectivity index (χ0n) is 4.12. The van der Waals surface area contributed by atoms with Crippen molar-refractivity contribution in [3.8, 4) is 0 Å². The van der Waals surface area contributed by atoms with Crippen LogP contribution < -0.4 is 0 Å². The molecular formula is C4H8Cl2O. The Hall–Kier alpha value is 0.540. The van der Waals surface area contributed by atoms with Crippen LogP contribution in [0.25, 0.3) is 0 Å². The van der Waals surface area contributed by atoms with Crippen LogP contribution in [0.3, 0.4) is 0 Å². The molecule has 0 rings (SSSR count). The summed E-state index contributed by atoms with van der Waals surface area (Å²) in [6.45, 7) is 1.90. The maximum absolute atomic E-state index is 8.55. The number of halogens is 2. The van der Waals surface area contributed by atoms with E-state index in [4.69, 9.17) is 28.3 Å². The van der Waals surface area contributed by atoms with Crippen molar-refractivity contribution in [2.45, 2.75) is 24.3 Å². The van der Waals surface area contributed by atoms with Gasteiger partial charge in [0.2, 0.25) is 4.52 Å².